The van der Waals surface area contributed by atoms with E-state index in [4.69, 9.17) is 4.65 Å². The minimum atomic E-state index is -1.17. The fourth-order valence-corrected chi connectivity index (χ4v) is 5.44. The number of Topliss-reactive ketones (excluding diaryl/α,β-unsaturated/α-hetero) is 1. The smallest absolute Gasteiger partial charge is 0.526 e. The van der Waals surface area contributed by atoms with Crippen LogP contribution in [0.4, 0.5) is 0 Å². The van der Waals surface area contributed by atoms with Crippen LogP contribution in [0.1, 0.15) is 35.2 Å². The van der Waals surface area contributed by atoms with Crippen molar-refractivity contribution in [1.82, 2.24) is 5.32 Å². The van der Waals surface area contributed by atoms with E-state index >= 15 is 0 Å². The summed E-state index contributed by atoms with van der Waals surface area (Å²) in [7, 11) is -1.17. The van der Waals surface area contributed by atoms with E-state index < -0.39 is 13.1 Å². The van der Waals surface area contributed by atoms with E-state index in [-0.39, 0.29) is 29.3 Å². The van der Waals surface area contributed by atoms with Gasteiger partial charge in [-0.3, -0.25) is 4.79 Å². The molecule has 3 N–H and O–H groups in total. The molecule has 0 bridgehead atoms. The summed E-state index contributed by atoms with van der Waals surface area (Å²) in [6.45, 7) is 2.01. The number of carbonyl (C=O) groups excluding carboxylic acids is 1. The highest BCUT2D eigenvalue weighted by molar-refractivity contribution is 7.99. The molecule has 2 aliphatic rings. The van der Waals surface area contributed by atoms with Crippen molar-refractivity contribution in [3.05, 3.63) is 23.3 Å². The summed E-state index contributed by atoms with van der Waals surface area (Å²) in [5.41, 5.74) is 0.875. The quantitative estimate of drug-likeness (QED) is 0.434. The van der Waals surface area contributed by atoms with Gasteiger partial charge in [0.05, 0.1) is 5.75 Å². The second-order valence-corrected chi connectivity index (χ2v) is 9.31. The van der Waals surface area contributed by atoms with Gasteiger partial charge >= 0.3 is 13.1 Å². The van der Waals surface area contributed by atoms with Crippen LogP contribution in [0.3, 0.4) is 0 Å². The van der Waals surface area contributed by atoms with E-state index in [0.29, 0.717) is 23.0 Å². The molecule has 1 atom stereocenters. The molecule has 3 rings (SSSR count). The van der Waals surface area contributed by atoms with E-state index in [0.717, 1.165) is 37.2 Å². The highest BCUT2D eigenvalue weighted by Crippen LogP contribution is 2.41. The summed E-state index contributed by atoms with van der Waals surface area (Å²) in [4.78, 5) is 24.6. The molecule has 1 aromatic carbocycles. The first-order valence-corrected chi connectivity index (χ1v) is 12.0. The molecule has 152 valence electrons. The lowest BCUT2D eigenvalue weighted by Crippen LogP contribution is -2.36. The minimum absolute atomic E-state index is 0.0659. The molecule has 0 aromatic heterocycles. The van der Waals surface area contributed by atoms with Gasteiger partial charge in [-0.25, -0.2) is 4.79 Å². The van der Waals surface area contributed by atoms with Crippen molar-refractivity contribution < 1.29 is 24.4 Å². The molecule has 9 heteroatoms. The summed E-state index contributed by atoms with van der Waals surface area (Å²) in [6.07, 6.45) is 4.73. The standard InChI is InChI=1S/C19H26BNO5S2/c1-27-11-15(22)9-14-8-13-2-3-16(28-10-12-4-6-21-7-5-12)17(19(23)24)18(13)26-20(14)25/h2-3,12,14,21,25H,4-11H2,1H3,(H,23,24)/t14-/m1/s1. The number of hydrogen-bond acceptors (Lipinski definition) is 7. The van der Waals surface area contributed by atoms with Crippen LogP contribution in [-0.4, -0.2) is 59.9 Å². The van der Waals surface area contributed by atoms with Crippen LogP contribution in [-0.2, 0) is 11.2 Å². The largest absolute Gasteiger partial charge is 0.535 e. The number of piperidine rings is 1. The van der Waals surface area contributed by atoms with E-state index in [1.165, 1.54) is 11.8 Å². The van der Waals surface area contributed by atoms with Crippen molar-refractivity contribution in [1.29, 1.82) is 0 Å². The Morgan fingerprint density at radius 3 is 2.75 bits per heavy atom. The van der Waals surface area contributed by atoms with E-state index in [9.17, 15) is 19.7 Å². The maximum atomic E-state index is 12.0. The van der Waals surface area contributed by atoms with Gasteiger partial charge in [-0.15, -0.1) is 11.8 Å². The molecule has 2 heterocycles. The topological polar surface area (TPSA) is 95.9 Å². The predicted molar refractivity (Wildman–Crippen MR) is 114 cm³/mol. The van der Waals surface area contributed by atoms with Crippen LogP contribution >= 0.6 is 23.5 Å². The Morgan fingerprint density at radius 1 is 1.32 bits per heavy atom. The predicted octanol–water partition coefficient (Wildman–Crippen LogP) is 2.58. The third-order valence-corrected chi connectivity index (χ3v) is 7.17. The van der Waals surface area contributed by atoms with Crippen LogP contribution in [0, 0.1) is 5.92 Å². The molecular weight excluding hydrogens is 397 g/mol. The normalized spacial score (nSPS) is 19.8. The van der Waals surface area contributed by atoms with Crippen molar-refractivity contribution >= 4 is 42.4 Å². The lowest BCUT2D eigenvalue weighted by atomic mass is 9.64. The lowest BCUT2D eigenvalue weighted by molar-refractivity contribution is -0.116. The van der Waals surface area contributed by atoms with Crippen LogP contribution in [0.2, 0.25) is 5.82 Å². The monoisotopic (exact) mass is 423 g/mol. The van der Waals surface area contributed by atoms with Gasteiger partial charge in [0.25, 0.3) is 0 Å². The fraction of sp³-hybridized carbons (Fsp3) is 0.579. The number of carboxylic acid groups (broad SMARTS) is 1. The summed E-state index contributed by atoms with van der Waals surface area (Å²) in [6, 6.07) is 3.72. The average molecular weight is 423 g/mol. The Morgan fingerprint density at radius 2 is 2.07 bits per heavy atom. The van der Waals surface area contributed by atoms with E-state index in [1.807, 2.05) is 18.4 Å². The zero-order valence-corrected chi connectivity index (χ0v) is 17.6. The average Bonchev–Trinajstić information content (AvgIpc) is 2.67. The summed E-state index contributed by atoms with van der Waals surface area (Å²) >= 11 is 3.00. The number of nitrogens with one attached hydrogen (secondary N) is 1. The number of aromatic carboxylic acids is 1. The number of thioether (sulfide) groups is 2. The van der Waals surface area contributed by atoms with Gasteiger partial charge in [-0.2, -0.15) is 11.8 Å². The second-order valence-electron chi connectivity index (χ2n) is 7.38. The molecule has 2 aliphatic heterocycles. The number of fused-ring (bicyclic) bond motifs is 1. The van der Waals surface area contributed by atoms with Crippen LogP contribution in [0.25, 0.3) is 0 Å². The van der Waals surface area contributed by atoms with Gasteiger partial charge < -0.3 is 20.1 Å². The van der Waals surface area contributed by atoms with E-state index in [1.54, 1.807) is 11.8 Å². The van der Waals surface area contributed by atoms with Gasteiger partial charge in [0.1, 0.15) is 17.1 Å². The van der Waals surface area contributed by atoms with Crippen LogP contribution in [0.5, 0.6) is 5.75 Å². The first-order chi connectivity index (χ1) is 13.5. The maximum absolute atomic E-state index is 12.0. The molecule has 0 amide bonds. The molecule has 0 aliphatic carbocycles. The SMILES string of the molecule is CSCC(=O)C[C@H]1Cc2ccc(SCC3CCNCC3)c(C(=O)O)c2OB1O. The Balaban J connectivity index is 1.76. The molecule has 6 nitrogen and oxygen atoms in total. The van der Waals surface area contributed by atoms with Crippen molar-refractivity contribution in [2.24, 2.45) is 5.92 Å². The molecule has 0 radical (unpaired) electrons. The number of ketones is 1. The molecule has 0 saturated carbocycles. The van der Waals surface area contributed by atoms with Gasteiger partial charge in [0.2, 0.25) is 0 Å². The molecule has 28 heavy (non-hydrogen) atoms. The molecule has 1 aromatic rings. The number of benzene rings is 1. The first kappa shape index (κ1) is 21.6. The molecule has 0 unspecified atom stereocenters. The number of carbonyl (C=O) groups is 2. The molecule has 1 saturated heterocycles. The van der Waals surface area contributed by atoms with Crippen molar-refractivity contribution in [2.75, 3.05) is 30.9 Å². The first-order valence-electron chi connectivity index (χ1n) is 9.57. The number of hydrogen-bond donors (Lipinski definition) is 3. The third kappa shape index (κ3) is 5.26. The fourth-order valence-electron chi connectivity index (χ4n) is 3.77. The molecular formula is C19H26BNO5S2. The van der Waals surface area contributed by atoms with Crippen LogP contribution < -0.4 is 9.97 Å². The Hall–Kier alpha value is -1.16. The van der Waals surface area contributed by atoms with Gasteiger partial charge in [-0.1, -0.05) is 6.07 Å². The zero-order valence-electron chi connectivity index (χ0n) is 16.0. The minimum Gasteiger partial charge on any atom is -0.535 e. The highest BCUT2D eigenvalue weighted by Gasteiger charge is 2.38. The lowest BCUT2D eigenvalue weighted by Gasteiger charge is -2.29. The summed E-state index contributed by atoms with van der Waals surface area (Å²) < 4.78 is 5.64. The third-order valence-electron chi connectivity index (χ3n) is 5.27. The second kappa shape index (κ2) is 10.0. The van der Waals surface area contributed by atoms with Gasteiger partial charge in [0, 0.05) is 22.9 Å². The molecule has 1 fully saturated rings. The highest BCUT2D eigenvalue weighted by atomic mass is 32.2. The summed E-state index contributed by atoms with van der Waals surface area (Å²) in [5, 5.41) is 23.5. The Labute approximate surface area is 174 Å². The van der Waals surface area contributed by atoms with Crippen LogP contribution in [0.15, 0.2) is 17.0 Å². The Bertz CT molecular complexity index is 727. The Kier molecular flexibility index (Phi) is 7.73. The maximum Gasteiger partial charge on any atom is 0.526 e. The molecule has 0 spiro atoms. The van der Waals surface area contributed by atoms with Gasteiger partial charge in [0.15, 0.2) is 0 Å². The summed E-state index contributed by atoms with van der Waals surface area (Å²) in [5.74, 6) is 0.774. The van der Waals surface area contributed by atoms with Crippen molar-refractivity contribution in [2.45, 2.75) is 36.4 Å². The zero-order chi connectivity index (χ0) is 20.1. The number of carboxylic acids is 1. The van der Waals surface area contributed by atoms with E-state index in [2.05, 4.69) is 5.32 Å². The van der Waals surface area contributed by atoms with Crippen molar-refractivity contribution in [3.8, 4) is 5.75 Å². The number of rotatable bonds is 8. The van der Waals surface area contributed by atoms with Gasteiger partial charge in [-0.05, 0) is 56.2 Å². The van der Waals surface area contributed by atoms with Crippen molar-refractivity contribution in [3.63, 3.8) is 0 Å².